The van der Waals surface area contributed by atoms with E-state index < -0.39 is 6.10 Å². The van der Waals surface area contributed by atoms with E-state index in [2.05, 4.69) is 27.7 Å². The highest BCUT2D eigenvalue weighted by atomic mass is 16.6. The lowest BCUT2D eigenvalue weighted by Crippen LogP contribution is -2.30. The van der Waals surface area contributed by atoms with Gasteiger partial charge in [0.1, 0.15) is 13.2 Å². The molecule has 0 bridgehead atoms. The van der Waals surface area contributed by atoms with Crippen LogP contribution in [0.2, 0.25) is 0 Å². The van der Waals surface area contributed by atoms with Crippen LogP contribution >= 0.6 is 0 Å². The molecule has 0 saturated carbocycles. The maximum absolute atomic E-state index is 12.7. The van der Waals surface area contributed by atoms with E-state index in [1.165, 1.54) is 180 Å². The zero-order chi connectivity index (χ0) is 42.4. The van der Waals surface area contributed by atoms with Crippen LogP contribution in [-0.2, 0) is 28.6 Å². The van der Waals surface area contributed by atoms with Crippen LogP contribution in [0.1, 0.15) is 291 Å². The van der Waals surface area contributed by atoms with Crippen molar-refractivity contribution < 1.29 is 28.6 Å². The summed E-state index contributed by atoms with van der Waals surface area (Å²) in [6, 6.07) is 0. The first-order valence-corrected chi connectivity index (χ1v) is 25.9. The first-order valence-electron chi connectivity index (χ1n) is 25.9. The van der Waals surface area contributed by atoms with Crippen molar-refractivity contribution in [3.63, 3.8) is 0 Å². The van der Waals surface area contributed by atoms with Crippen molar-refractivity contribution in [1.82, 2.24) is 0 Å². The topological polar surface area (TPSA) is 78.9 Å². The summed E-state index contributed by atoms with van der Waals surface area (Å²) < 4.78 is 16.7. The Hall–Kier alpha value is -1.59. The number of esters is 3. The van der Waals surface area contributed by atoms with Crippen molar-refractivity contribution in [2.75, 3.05) is 13.2 Å². The second-order valence-corrected chi connectivity index (χ2v) is 18.3. The van der Waals surface area contributed by atoms with Gasteiger partial charge in [0.2, 0.25) is 0 Å². The molecule has 0 fully saturated rings. The van der Waals surface area contributed by atoms with Gasteiger partial charge in [-0.3, -0.25) is 14.4 Å². The minimum Gasteiger partial charge on any atom is -0.462 e. The zero-order valence-corrected chi connectivity index (χ0v) is 39.5. The quantitative estimate of drug-likeness (QED) is 0.0346. The minimum absolute atomic E-state index is 0.0638. The summed E-state index contributed by atoms with van der Waals surface area (Å²) in [6.07, 6.45) is 48.4. The van der Waals surface area contributed by atoms with E-state index in [9.17, 15) is 14.4 Å². The first kappa shape index (κ1) is 56.4. The van der Waals surface area contributed by atoms with Gasteiger partial charge in [0.15, 0.2) is 6.10 Å². The number of hydrogen-bond acceptors (Lipinski definition) is 6. The highest BCUT2D eigenvalue weighted by molar-refractivity contribution is 5.71. The third kappa shape index (κ3) is 45.5. The van der Waals surface area contributed by atoms with Gasteiger partial charge < -0.3 is 14.2 Å². The van der Waals surface area contributed by atoms with Gasteiger partial charge in [-0.05, 0) is 25.2 Å². The lowest BCUT2D eigenvalue weighted by molar-refractivity contribution is -0.167. The fourth-order valence-corrected chi connectivity index (χ4v) is 7.86. The molecule has 0 saturated heterocycles. The van der Waals surface area contributed by atoms with Gasteiger partial charge in [-0.2, -0.15) is 0 Å². The summed E-state index contributed by atoms with van der Waals surface area (Å²) in [5, 5.41) is 0. The Balaban J connectivity index is 4.10. The molecule has 0 heterocycles. The highest BCUT2D eigenvalue weighted by Gasteiger charge is 2.19. The molecule has 1 atom stereocenters. The van der Waals surface area contributed by atoms with Crippen molar-refractivity contribution in [3.8, 4) is 0 Å². The average Bonchev–Trinajstić information content (AvgIpc) is 3.21. The van der Waals surface area contributed by atoms with Crippen LogP contribution in [0.4, 0.5) is 0 Å². The molecule has 0 unspecified atom stereocenters. The summed E-state index contributed by atoms with van der Waals surface area (Å²) in [5.74, 6) is -0.0158. The third-order valence-corrected chi connectivity index (χ3v) is 11.8. The molecule has 0 amide bonds. The number of hydrogen-bond donors (Lipinski definition) is 0. The molecule has 6 heteroatoms. The minimum atomic E-state index is -0.759. The molecule has 0 aliphatic rings. The fourth-order valence-electron chi connectivity index (χ4n) is 7.86. The van der Waals surface area contributed by atoms with E-state index >= 15 is 0 Å². The number of carbonyl (C=O) groups excluding carboxylic acids is 3. The van der Waals surface area contributed by atoms with Gasteiger partial charge in [-0.15, -0.1) is 0 Å². The van der Waals surface area contributed by atoms with Gasteiger partial charge in [0.05, 0.1) is 0 Å². The second kappa shape index (κ2) is 46.5. The molecule has 0 aliphatic carbocycles. The second-order valence-electron chi connectivity index (χ2n) is 18.3. The molecule has 0 spiro atoms. The molecule has 344 valence electrons. The number of ether oxygens (including phenoxy) is 3. The van der Waals surface area contributed by atoms with E-state index in [0.717, 1.165) is 70.1 Å². The summed E-state index contributed by atoms with van der Waals surface area (Å²) in [5.41, 5.74) is 0. The Morgan fingerprint density at radius 1 is 0.328 bits per heavy atom. The predicted octanol–water partition coefficient (Wildman–Crippen LogP) is 16.7. The zero-order valence-electron chi connectivity index (χ0n) is 39.5. The lowest BCUT2D eigenvalue weighted by atomic mass is 10.0. The van der Waals surface area contributed by atoms with Crippen molar-refractivity contribution in [2.45, 2.75) is 297 Å². The van der Waals surface area contributed by atoms with Crippen LogP contribution in [0, 0.1) is 5.92 Å². The molecule has 0 aliphatic heterocycles. The lowest BCUT2D eigenvalue weighted by Gasteiger charge is -2.18. The van der Waals surface area contributed by atoms with Crippen molar-refractivity contribution in [2.24, 2.45) is 5.92 Å². The van der Waals surface area contributed by atoms with Gasteiger partial charge in [0, 0.05) is 19.3 Å². The number of rotatable bonds is 47. The molecule has 0 radical (unpaired) electrons. The van der Waals surface area contributed by atoms with Crippen LogP contribution < -0.4 is 0 Å². The largest absolute Gasteiger partial charge is 0.462 e. The summed E-state index contributed by atoms with van der Waals surface area (Å²) in [6.45, 7) is 8.96. The summed E-state index contributed by atoms with van der Waals surface area (Å²) >= 11 is 0. The van der Waals surface area contributed by atoms with Crippen LogP contribution in [0.15, 0.2) is 0 Å². The maximum Gasteiger partial charge on any atom is 0.306 e. The Morgan fingerprint density at radius 2 is 0.569 bits per heavy atom. The SMILES string of the molecule is CCCCCCCCCCCCCCCCCCCCC(=O)OC[C@@H](COC(=O)CCCCCCC)OC(=O)CCCCCCCCCCCCCCCCC(C)C. The normalized spacial score (nSPS) is 11.9. The Bertz CT molecular complexity index is 872. The number of carbonyl (C=O) groups is 3. The van der Waals surface area contributed by atoms with Gasteiger partial charge in [0.25, 0.3) is 0 Å². The van der Waals surface area contributed by atoms with E-state index in [0.29, 0.717) is 19.3 Å². The molecular weight excluding hydrogens is 721 g/mol. The summed E-state index contributed by atoms with van der Waals surface area (Å²) in [4.78, 5) is 37.6. The van der Waals surface area contributed by atoms with Crippen LogP contribution in [0.3, 0.4) is 0 Å². The first-order chi connectivity index (χ1) is 28.4. The van der Waals surface area contributed by atoms with Crippen LogP contribution in [0.25, 0.3) is 0 Å². The van der Waals surface area contributed by atoms with Gasteiger partial charge in [-0.1, -0.05) is 252 Å². The molecule has 0 aromatic carbocycles. The molecule has 0 aromatic rings. The van der Waals surface area contributed by atoms with E-state index in [1.807, 2.05) is 0 Å². The van der Waals surface area contributed by atoms with E-state index in [-0.39, 0.29) is 31.1 Å². The van der Waals surface area contributed by atoms with E-state index in [1.54, 1.807) is 0 Å². The average molecular weight is 821 g/mol. The van der Waals surface area contributed by atoms with Crippen molar-refractivity contribution in [1.29, 1.82) is 0 Å². The smallest absolute Gasteiger partial charge is 0.306 e. The predicted molar refractivity (Wildman–Crippen MR) is 247 cm³/mol. The third-order valence-electron chi connectivity index (χ3n) is 11.8. The van der Waals surface area contributed by atoms with Gasteiger partial charge in [-0.25, -0.2) is 0 Å². The molecule has 0 rings (SSSR count). The maximum atomic E-state index is 12.7. The monoisotopic (exact) mass is 821 g/mol. The molecule has 0 N–H and O–H groups in total. The van der Waals surface area contributed by atoms with Crippen molar-refractivity contribution in [3.05, 3.63) is 0 Å². The standard InChI is InChI=1S/C52H100O6/c1-5-7-9-11-12-13-14-15-16-17-18-19-23-26-29-32-36-40-44-51(54)57-47-49(46-56-50(53)43-39-34-10-8-6-2)58-52(55)45-41-37-33-30-27-24-21-20-22-25-28-31-35-38-42-48(3)4/h48-49H,5-47H2,1-4H3/t49-/m1/s1. The highest BCUT2D eigenvalue weighted by Crippen LogP contribution is 2.17. The van der Waals surface area contributed by atoms with Crippen molar-refractivity contribution >= 4 is 17.9 Å². The molecule has 58 heavy (non-hydrogen) atoms. The number of unbranched alkanes of at least 4 members (excludes halogenated alkanes) is 34. The molecule has 0 aromatic heterocycles. The van der Waals surface area contributed by atoms with Gasteiger partial charge >= 0.3 is 17.9 Å². The summed E-state index contributed by atoms with van der Waals surface area (Å²) in [7, 11) is 0. The van der Waals surface area contributed by atoms with Crippen LogP contribution in [0.5, 0.6) is 0 Å². The Morgan fingerprint density at radius 3 is 0.845 bits per heavy atom. The molecular formula is C52H100O6. The van der Waals surface area contributed by atoms with E-state index in [4.69, 9.17) is 14.2 Å². The molecule has 6 nitrogen and oxygen atoms in total. The fraction of sp³-hybridized carbons (Fsp3) is 0.942. The van der Waals surface area contributed by atoms with Crippen LogP contribution in [-0.4, -0.2) is 37.2 Å². The Kier molecular flexibility index (Phi) is 45.2. The Labute approximate surface area is 361 Å².